The summed E-state index contributed by atoms with van der Waals surface area (Å²) < 4.78 is 8.15. The SMILES string of the molecule is Cc1ccccc1N1CC(c2nc3ccccc3n2CCCOc2ccc(Cl)cc2)CC1=O. The van der Waals surface area contributed by atoms with Gasteiger partial charge in [-0.05, 0) is 61.4 Å². The number of rotatable bonds is 7. The Labute approximate surface area is 198 Å². The summed E-state index contributed by atoms with van der Waals surface area (Å²) in [5.41, 5.74) is 4.16. The van der Waals surface area contributed by atoms with Crippen LogP contribution in [0.5, 0.6) is 5.75 Å². The van der Waals surface area contributed by atoms with Crippen molar-refractivity contribution in [2.45, 2.75) is 32.2 Å². The number of amides is 1. The lowest BCUT2D eigenvalue weighted by Gasteiger charge is -2.19. The average molecular weight is 460 g/mol. The van der Waals surface area contributed by atoms with Gasteiger partial charge in [-0.3, -0.25) is 4.79 Å². The van der Waals surface area contributed by atoms with E-state index in [0.29, 0.717) is 24.6 Å². The van der Waals surface area contributed by atoms with Crippen LogP contribution in [-0.4, -0.2) is 28.6 Å². The lowest BCUT2D eigenvalue weighted by molar-refractivity contribution is -0.117. The molecule has 2 heterocycles. The highest BCUT2D eigenvalue weighted by Gasteiger charge is 2.35. The maximum Gasteiger partial charge on any atom is 0.227 e. The number of nitrogens with zero attached hydrogens (tertiary/aromatic N) is 3. The van der Waals surface area contributed by atoms with Crippen molar-refractivity contribution >= 4 is 34.2 Å². The van der Waals surface area contributed by atoms with E-state index in [-0.39, 0.29) is 11.8 Å². The summed E-state index contributed by atoms with van der Waals surface area (Å²) >= 11 is 5.95. The Hall–Kier alpha value is -3.31. The predicted molar refractivity (Wildman–Crippen MR) is 132 cm³/mol. The van der Waals surface area contributed by atoms with Crippen LogP contribution in [0.15, 0.2) is 72.8 Å². The van der Waals surface area contributed by atoms with E-state index in [1.54, 1.807) is 0 Å². The minimum absolute atomic E-state index is 0.0571. The van der Waals surface area contributed by atoms with Crippen molar-refractivity contribution < 1.29 is 9.53 Å². The molecule has 168 valence electrons. The number of ether oxygens (including phenoxy) is 1. The minimum Gasteiger partial charge on any atom is -0.494 e. The van der Waals surface area contributed by atoms with E-state index in [0.717, 1.165) is 46.8 Å². The first-order valence-corrected chi connectivity index (χ1v) is 11.7. The van der Waals surface area contributed by atoms with E-state index >= 15 is 0 Å². The van der Waals surface area contributed by atoms with Crippen LogP contribution in [0.25, 0.3) is 11.0 Å². The molecule has 1 aliphatic rings. The molecule has 3 aromatic carbocycles. The molecule has 1 saturated heterocycles. The highest BCUT2D eigenvalue weighted by atomic mass is 35.5. The summed E-state index contributed by atoms with van der Waals surface area (Å²) in [6.07, 6.45) is 1.30. The molecule has 1 unspecified atom stereocenters. The molecule has 1 amide bonds. The van der Waals surface area contributed by atoms with E-state index in [9.17, 15) is 4.79 Å². The first-order valence-electron chi connectivity index (χ1n) is 11.3. The topological polar surface area (TPSA) is 47.4 Å². The molecule has 0 spiro atoms. The van der Waals surface area contributed by atoms with Gasteiger partial charge in [0, 0.05) is 36.1 Å². The van der Waals surface area contributed by atoms with Gasteiger partial charge in [0.05, 0.1) is 17.6 Å². The summed E-state index contributed by atoms with van der Waals surface area (Å²) in [5, 5.41) is 0.697. The number of halogens is 1. The molecule has 5 rings (SSSR count). The second-order valence-corrected chi connectivity index (χ2v) is 8.89. The van der Waals surface area contributed by atoms with Crippen LogP contribution in [0.4, 0.5) is 5.69 Å². The van der Waals surface area contributed by atoms with Gasteiger partial charge in [-0.25, -0.2) is 4.98 Å². The number of aryl methyl sites for hydroxylation is 2. The van der Waals surface area contributed by atoms with Crippen LogP contribution in [0.1, 0.15) is 30.1 Å². The van der Waals surface area contributed by atoms with Gasteiger partial charge in [-0.2, -0.15) is 0 Å². The van der Waals surface area contributed by atoms with E-state index in [4.69, 9.17) is 21.3 Å². The van der Waals surface area contributed by atoms with Gasteiger partial charge >= 0.3 is 0 Å². The highest BCUT2D eigenvalue weighted by Crippen LogP contribution is 2.34. The molecule has 1 aliphatic heterocycles. The Balaban J connectivity index is 1.35. The predicted octanol–water partition coefficient (Wildman–Crippen LogP) is 5.99. The molecule has 0 saturated carbocycles. The van der Waals surface area contributed by atoms with Gasteiger partial charge in [0.2, 0.25) is 5.91 Å². The van der Waals surface area contributed by atoms with Crippen molar-refractivity contribution in [1.29, 1.82) is 0 Å². The Bertz CT molecular complexity index is 1280. The van der Waals surface area contributed by atoms with Crippen LogP contribution in [-0.2, 0) is 11.3 Å². The lowest BCUT2D eigenvalue weighted by Crippen LogP contribution is -2.25. The van der Waals surface area contributed by atoms with Crippen LogP contribution in [0, 0.1) is 6.92 Å². The molecule has 6 heteroatoms. The first-order chi connectivity index (χ1) is 16.1. The molecule has 0 radical (unpaired) electrons. The Morgan fingerprint density at radius 2 is 1.79 bits per heavy atom. The van der Waals surface area contributed by atoms with Gasteiger partial charge in [-0.1, -0.05) is 41.9 Å². The van der Waals surface area contributed by atoms with Crippen LogP contribution in [0.2, 0.25) is 5.02 Å². The number of fused-ring (bicyclic) bond motifs is 1. The maximum absolute atomic E-state index is 12.9. The largest absolute Gasteiger partial charge is 0.494 e. The molecule has 1 aromatic heterocycles. The zero-order valence-corrected chi connectivity index (χ0v) is 19.3. The molecule has 33 heavy (non-hydrogen) atoms. The number of aromatic nitrogens is 2. The zero-order chi connectivity index (χ0) is 22.8. The lowest BCUT2D eigenvalue weighted by atomic mass is 10.1. The van der Waals surface area contributed by atoms with Crippen molar-refractivity contribution in [3.8, 4) is 5.75 Å². The van der Waals surface area contributed by atoms with Gasteiger partial charge in [0.25, 0.3) is 0 Å². The normalized spacial score (nSPS) is 16.0. The standard InChI is InChI=1S/C27H26ClN3O2/c1-19-7-2-4-9-24(19)31-18-20(17-26(31)32)27-29-23-8-3-5-10-25(23)30(27)15-6-16-33-22-13-11-21(28)12-14-22/h2-5,7-14,20H,6,15-18H2,1H3. The number of hydrogen-bond acceptors (Lipinski definition) is 3. The van der Waals surface area contributed by atoms with Crippen LogP contribution >= 0.6 is 11.6 Å². The van der Waals surface area contributed by atoms with Gasteiger partial charge in [-0.15, -0.1) is 0 Å². The van der Waals surface area contributed by atoms with Crippen molar-refractivity contribution in [2.75, 3.05) is 18.1 Å². The van der Waals surface area contributed by atoms with Crippen molar-refractivity contribution in [3.05, 3.63) is 89.2 Å². The third-order valence-electron chi connectivity index (χ3n) is 6.19. The Kier molecular flexibility index (Phi) is 6.05. The second-order valence-electron chi connectivity index (χ2n) is 8.46. The summed E-state index contributed by atoms with van der Waals surface area (Å²) in [6, 6.07) is 23.7. The number of hydrogen-bond donors (Lipinski definition) is 0. The molecule has 0 bridgehead atoms. The van der Waals surface area contributed by atoms with Gasteiger partial charge < -0.3 is 14.2 Å². The summed E-state index contributed by atoms with van der Waals surface area (Å²) in [7, 11) is 0. The smallest absolute Gasteiger partial charge is 0.227 e. The van der Waals surface area contributed by atoms with Gasteiger partial charge in [0.15, 0.2) is 0 Å². The molecule has 4 aromatic rings. The van der Waals surface area contributed by atoms with Gasteiger partial charge in [0.1, 0.15) is 11.6 Å². The number of carbonyl (C=O) groups is 1. The molecule has 0 aliphatic carbocycles. The monoisotopic (exact) mass is 459 g/mol. The van der Waals surface area contributed by atoms with E-state index in [1.165, 1.54) is 0 Å². The number of benzene rings is 3. The fourth-order valence-corrected chi connectivity index (χ4v) is 4.69. The Morgan fingerprint density at radius 3 is 2.61 bits per heavy atom. The van der Waals surface area contributed by atoms with Crippen LogP contribution < -0.4 is 9.64 Å². The molecule has 1 fully saturated rings. The summed E-state index contributed by atoms with van der Waals surface area (Å²) in [4.78, 5) is 19.8. The first kappa shape index (κ1) is 21.5. The van der Waals surface area contributed by atoms with E-state index in [1.807, 2.05) is 78.6 Å². The maximum atomic E-state index is 12.9. The van der Waals surface area contributed by atoms with E-state index < -0.39 is 0 Å². The van der Waals surface area contributed by atoms with Crippen molar-refractivity contribution in [2.24, 2.45) is 0 Å². The highest BCUT2D eigenvalue weighted by molar-refractivity contribution is 6.30. The molecule has 1 atom stereocenters. The van der Waals surface area contributed by atoms with Crippen LogP contribution in [0.3, 0.4) is 0 Å². The quantitative estimate of drug-likeness (QED) is 0.319. The zero-order valence-electron chi connectivity index (χ0n) is 18.6. The van der Waals surface area contributed by atoms with Crippen molar-refractivity contribution in [1.82, 2.24) is 9.55 Å². The summed E-state index contributed by atoms with van der Waals surface area (Å²) in [6.45, 7) is 4.06. The number of anilines is 1. The second kappa shape index (κ2) is 9.28. The fourth-order valence-electron chi connectivity index (χ4n) is 4.56. The average Bonchev–Trinajstić information content (AvgIpc) is 3.39. The third kappa shape index (κ3) is 4.46. The molecular weight excluding hydrogens is 434 g/mol. The number of para-hydroxylation sites is 3. The third-order valence-corrected chi connectivity index (χ3v) is 6.44. The Morgan fingerprint density at radius 1 is 1.03 bits per heavy atom. The van der Waals surface area contributed by atoms with E-state index in [2.05, 4.69) is 10.6 Å². The number of imidazole rings is 1. The summed E-state index contributed by atoms with van der Waals surface area (Å²) in [5.74, 6) is 2.00. The number of carbonyl (C=O) groups excluding carboxylic acids is 1. The fraction of sp³-hybridized carbons (Fsp3) is 0.259. The molecular formula is C27H26ClN3O2. The molecule has 5 nitrogen and oxygen atoms in total. The van der Waals surface area contributed by atoms with Crippen molar-refractivity contribution in [3.63, 3.8) is 0 Å². The minimum atomic E-state index is 0.0571. The molecule has 0 N–H and O–H groups in total.